The van der Waals surface area contributed by atoms with Crippen molar-refractivity contribution in [1.29, 1.82) is 0 Å². The molecule has 0 aromatic heterocycles. The molecule has 1 atom stereocenters. The van der Waals surface area contributed by atoms with Gasteiger partial charge in [-0.15, -0.1) is 0 Å². The Morgan fingerprint density at radius 3 is 2.35 bits per heavy atom. The van der Waals surface area contributed by atoms with E-state index < -0.39 is 11.9 Å². The highest BCUT2D eigenvalue weighted by molar-refractivity contribution is 5.73. The summed E-state index contributed by atoms with van der Waals surface area (Å²) in [4.78, 5) is 10.9. The number of carboxylic acid groups (broad SMARTS) is 1. The van der Waals surface area contributed by atoms with Gasteiger partial charge in [0, 0.05) is 0 Å². The molecule has 0 heterocycles. The van der Waals surface area contributed by atoms with Crippen LogP contribution in [0.5, 0.6) is 0 Å². The van der Waals surface area contributed by atoms with Crippen LogP contribution in [0.2, 0.25) is 0 Å². The van der Waals surface area contributed by atoms with Crippen molar-refractivity contribution in [2.45, 2.75) is 58.8 Å². The maximum absolute atomic E-state index is 10.9. The van der Waals surface area contributed by atoms with E-state index in [4.69, 9.17) is 5.11 Å². The van der Waals surface area contributed by atoms with Gasteiger partial charge in [-0.3, -0.25) is 4.79 Å². The molecule has 0 saturated carbocycles. The number of carboxylic acids is 1. The molecule has 2 nitrogen and oxygen atoms in total. The molecule has 0 radical (unpaired) electrons. The van der Waals surface area contributed by atoms with E-state index in [0.29, 0.717) is 6.42 Å². The van der Waals surface area contributed by atoms with Gasteiger partial charge < -0.3 is 5.11 Å². The first kappa shape index (κ1) is 15.6. The molecule has 0 aliphatic carbocycles. The molecular weight excluding hydrogens is 212 g/mol. The van der Waals surface area contributed by atoms with E-state index in [9.17, 15) is 4.79 Å². The second-order valence-electron chi connectivity index (χ2n) is 4.09. The van der Waals surface area contributed by atoms with Gasteiger partial charge >= 0.3 is 5.97 Å². The Labute approximate surface area is 105 Å². The number of aliphatic carboxylic acids is 1. The summed E-state index contributed by atoms with van der Waals surface area (Å²) in [6.07, 6.45) is 7.64. The zero-order valence-electron chi connectivity index (χ0n) is 10.9. The molecule has 1 unspecified atom stereocenters. The van der Waals surface area contributed by atoms with Crippen LogP contribution in [0.1, 0.15) is 58.8 Å². The van der Waals surface area contributed by atoms with Gasteiger partial charge in [0.25, 0.3) is 0 Å². The number of carbonyl (C=O) groups is 1. The first-order valence-corrected chi connectivity index (χ1v) is 6.37. The smallest absolute Gasteiger partial charge is 0.318 e. The fourth-order valence-electron chi connectivity index (χ4n) is 1.57. The van der Waals surface area contributed by atoms with E-state index in [1.54, 1.807) is 6.92 Å². The highest BCUT2D eigenvalue weighted by Gasteiger charge is 2.13. The lowest BCUT2D eigenvalue weighted by Crippen LogP contribution is -2.11. The monoisotopic (exact) mass is 234 g/mol. The third kappa shape index (κ3) is 9.52. The topological polar surface area (TPSA) is 37.3 Å². The van der Waals surface area contributed by atoms with Crippen molar-refractivity contribution in [2.24, 2.45) is 5.92 Å². The molecule has 1 N–H and O–H groups in total. The normalized spacial score (nSPS) is 10.7. The van der Waals surface area contributed by atoms with Crippen LogP contribution in [0.4, 0.5) is 0 Å². The van der Waals surface area contributed by atoms with E-state index in [0.717, 1.165) is 12.8 Å². The second kappa shape index (κ2) is 11.1. The van der Waals surface area contributed by atoms with Crippen molar-refractivity contribution in [2.75, 3.05) is 0 Å². The SMILES string of the molecule is CC#CC#CC(CCCCCCCC)C(=O)O. The van der Waals surface area contributed by atoms with Gasteiger partial charge in [-0.25, -0.2) is 0 Å². The number of rotatable bonds is 8. The zero-order chi connectivity index (χ0) is 12.9. The molecule has 0 rings (SSSR count). The minimum Gasteiger partial charge on any atom is -0.480 e. The van der Waals surface area contributed by atoms with Gasteiger partial charge in [0.05, 0.1) is 0 Å². The number of hydrogen-bond acceptors (Lipinski definition) is 1. The van der Waals surface area contributed by atoms with Crippen LogP contribution >= 0.6 is 0 Å². The summed E-state index contributed by atoms with van der Waals surface area (Å²) in [5.41, 5.74) is 0. The number of unbranched alkanes of at least 4 members (excludes halogenated alkanes) is 5. The largest absolute Gasteiger partial charge is 0.480 e. The van der Waals surface area contributed by atoms with Crippen molar-refractivity contribution in [3.05, 3.63) is 0 Å². The van der Waals surface area contributed by atoms with Gasteiger partial charge in [0.1, 0.15) is 5.92 Å². The molecule has 0 fully saturated rings. The molecule has 0 amide bonds. The maximum atomic E-state index is 10.9. The lowest BCUT2D eigenvalue weighted by Gasteiger charge is -2.04. The lowest BCUT2D eigenvalue weighted by atomic mass is 10.0. The first-order valence-electron chi connectivity index (χ1n) is 6.37. The van der Waals surface area contributed by atoms with Crippen LogP contribution in [-0.2, 0) is 4.79 Å². The Bertz CT molecular complexity index is 322. The van der Waals surface area contributed by atoms with Gasteiger partial charge in [-0.1, -0.05) is 57.3 Å². The molecule has 2 heteroatoms. The highest BCUT2D eigenvalue weighted by atomic mass is 16.4. The Morgan fingerprint density at radius 2 is 1.76 bits per heavy atom. The number of hydrogen-bond donors (Lipinski definition) is 1. The molecule has 0 saturated heterocycles. The average Bonchev–Trinajstić information content (AvgIpc) is 2.31. The van der Waals surface area contributed by atoms with Crippen LogP contribution in [0.15, 0.2) is 0 Å². The predicted octanol–water partition coefficient (Wildman–Crippen LogP) is 3.46. The van der Waals surface area contributed by atoms with Crippen LogP contribution in [0.3, 0.4) is 0 Å². The van der Waals surface area contributed by atoms with Crippen molar-refractivity contribution in [3.63, 3.8) is 0 Å². The fraction of sp³-hybridized carbons (Fsp3) is 0.667. The zero-order valence-corrected chi connectivity index (χ0v) is 10.9. The van der Waals surface area contributed by atoms with Crippen LogP contribution in [0, 0.1) is 29.6 Å². The van der Waals surface area contributed by atoms with Gasteiger partial charge in [0.15, 0.2) is 0 Å². The van der Waals surface area contributed by atoms with Crippen LogP contribution in [0.25, 0.3) is 0 Å². The lowest BCUT2D eigenvalue weighted by molar-refractivity contribution is -0.139. The minimum absolute atomic E-state index is 0.554. The molecule has 0 aromatic rings. The molecule has 0 aliphatic heterocycles. The summed E-state index contributed by atoms with van der Waals surface area (Å²) < 4.78 is 0. The molecule has 17 heavy (non-hydrogen) atoms. The highest BCUT2D eigenvalue weighted by Crippen LogP contribution is 2.12. The molecule has 94 valence electrons. The third-order valence-corrected chi connectivity index (χ3v) is 2.58. The summed E-state index contributed by atoms with van der Waals surface area (Å²) >= 11 is 0. The molecular formula is C15H22O2. The van der Waals surface area contributed by atoms with E-state index in [1.165, 1.54) is 25.7 Å². The van der Waals surface area contributed by atoms with Gasteiger partial charge in [-0.05, 0) is 25.2 Å². The fourth-order valence-corrected chi connectivity index (χ4v) is 1.57. The van der Waals surface area contributed by atoms with Crippen LogP contribution < -0.4 is 0 Å². The molecule has 0 bridgehead atoms. The Balaban J connectivity index is 3.82. The summed E-state index contributed by atoms with van der Waals surface area (Å²) in [7, 11) is 0. The van der Waals surface area contributed by atoms with E-state index in [-0.39, 0.29) is 0 Å². The summed E-state index contributed by atoms with van der Waals surface area (Å²) in [6, 6.07) is 0. The summed E-state index contributed by atoms with van der Waals surface area (Å²) in [5.74, 6) is 9.11. The molecule has 0 aliphatic rings. The Kier molecular flexibility index (Phi) is 10.2. The van der Waals surface area contributed by atoms with E-state index in [1.807, 2.05) is 0 Å². The van der Waals surface area contributed by atoms with Crippen molar-refractivity contribution >= 4 is 5.97 Å². The summed E-state index contributed by atoms with van der Waals surface area (Å²) in [5, 5.41) is 8.96. The van der Waals surface area contributed by atoms with Crippen molar-refractivity contribution in [1.82, 2.24) is 0 Å². The Morgan fingerprint density at radius 1 is 1.12 bits per heavy atom. The van der Waals surface area contributed by atoms with Crippen molar-refractivity contribution < 1.29 is 9.90 Å². The first-order chi connectivity index (χ1) is 8.22. The van der Waals surface area contributed by atoms with Gasteiger partial charge in [0.2, 0.25) is 0 Å². The van der Waals surface area contributed by atoms with E-state index >= 15 is 0 Å². The quantitative estimate of drug-likeness (QED) is 0.516. The van der Waals surface area contributed by atoms with Crippen LogP contribution in [-0.4, -0.2) is 11.1 Å². The molecule has 0 spiro atoms. The standard InChI is InChI=1S/C15H22O2/c1-3-5-7-8-9-11-13-14(15(16)17)12-10-6-4-2/h14H,3,5,7-9,11,13H2,1-2H3,(H,16,17). The summed E-state index contributed by atoms with van der Waals surface area (Å²) in [6.45, 7) is 3.88. The third-order valence-electron chi connectivity index (χ3n) is 2.58. The molecule has 0 aromatic carbocycles. The minimum atomic E-state index is -0.830. The van der Waals surface area contributed by atoms with E-state index in [2.05, 4.69) is 30.6 Å². The second-order valence-corrected chi connectivity index (χ2v) is 4.09. The predicted molar refractivity (Wildman–Crippen MR) is 70.3 cm³/mol. The maximum Gasteiger partial charge on any atom is 0.318 e. The van der Waals surface area contributed by atoms with Gasteiger partial charge in [-0.2, -0.15) is 0 Å². The van der Waals surface area contributed by atoms with Crippen molar-refractivity contribution in [3.8, 4) is 23.7 Å². The Hall–Kier alpha value is -1.41. The average molecular weight is 234 g/mol.